The number of benzene rings is 1. The largest absolute Gasteiger partial charge is 0.496 e. The topological polar surface area (TPSA) is 79.0 Å². The predicted molar refractivity (Wildman–Crippen MR) is 111 cm³/mol. The van der Waals surface area contributed by atoms with Crippen molar-refractivity contribution in [3.05, 3.63) is 29.8 Å². The lowest BCUT2D eigenvalue weighted by atomic mass is 9.93. The van der Waals surface area contributed by atoms with Crippen LogP contribution in [0.2, 0.25) is 0 Å². The molecule has 2 aliphatic rings. The molecule has 7 nitrogen and oxygen atoms in total. The molecule has 1 aromatic rings. The number of piperazine rings is 1. The molecule has 1 aromatic carbocycles. The highest BCUT2D eigenvalue weighted by molar-refractivity contribution is 7.89. The van der Waals surface area contributed by atoms with E-state index in [0.29, 0.717) is 39.0 Å². The maximum atomic E-state index is 13.3. The molecule has 9 heteroatoms. The first-order valence-corrected chi connectivity index (χ1v) is 11.2. The number of carbonyl (C=O) groups excluding carboxylic acids is 1. The Morgan fingerprint density at radius 2 is 1.89 bits per heavy atom. The first-order valence-electron chi connectivity index (χ1n) is 9.60. The van der Waals surface area contributed by atoms with Gasteiger partial charge in [0.15, 0.2) is 0 Å². The molecule has 28 heavy (non-hydrogen) atoms. The SMILES string of the molecule is CCS(=O)(=O)N1CCC(C(=O)N2CCNCC2c2ccccc2OC)CC1.Cl. The van der Waals surface area contributed by atoms with E-state index in [-0.39, 0.29) is 36.0 Å². The molecule has 3 rings (SSSR count). The minimum atomic E-state index is -3.18. The summed E-state index contributed by atoms with van der Waals surface area (Å²) in [5.41, 5.74) is 1.01. The molecule has 2 aliphatic heterocycles. The number of sulfonamides is 1. The van der Waals surface area contributed by atoms with E-state index in [1.54, 1.807) is 14.0 Å². The van der Waals surface area contributed by atoms with Crippen LogP contribution in [-0.4, -0.2) is 69.1 Å². The Labute approximate surface area is 173 Å². The standard InChI is InChI=1S/C19H29N3O4S.ClH/c1-3-27(24,25)21-11-8-15(9-12-21)19(23)22-13-10-20-14-17(22)16-6-4-5-7-18(16)26-2;/h4-7,15,17,20H,3,8-14H2,1-2H3;1H. The summed E-state index contributed by atoms with van der Waals surface area (Å²) >= 11 is 0. The van der Waals surface area contributed by atoms with E-state index in [0.717, 1.165) is 17.9 Å². The number of hydrogen-bond donors (Lipinski definition) is 1. The van der Waals surface area contributed by atoms with E-state index in [1.807, 2.05) is 29.2 Å². The van der Waals surface area contributed by atoms with Gasteiger partial charge in [0, 0.05) is 44.2 Å². The van der Waals surface area contributed by atoms with Gasteiger partial charge in [-0.05, 0) is 25.8 Å². The molecular weight excluding hydrogens is 402 g/mol. The Hall–Kier alpha value is -1.35. The van der Waals surface area contributed by atoms with Gasteiger partial charge in [-0.2, -0.15) is 0 Å². The van der Waals surface area contributed by atoms with Crippen LogP contribution in [0.4, 0.5) is 0 Å². The summed E-state index contributed by atoms with van der Waals surface area (Å²) in [5.74, 6) is 0.900. The molecule has 1 amide bonds. The first kappa shape index (κ1) is 22.9. The van der Waals surface area contributed by atoms with Crippen molar-refractivity contribution in [1.29, 1.82) is 0 Å². The third-order valence-corrected chi connectivity index (χ3v) is 7.47. The highest BCUT2D eigenvalue weighted by atomic mass is 35.5. The number of methoxy groups -OCH3 is 1. The Bertz CT molecular complexity index is 766. The van der Waals surface area contributed by atoms with Crippen LogP contribution in [0.25, 0.3) is 0 Å². The van der Waals surface area contributed by atoms with Gasteiger partial charge in [-0.25, -0.2) is 12.7 Å². The van der Waals surface area contributed by atoms with Crippen molar-refractivity contribution in [1.82, 2.24) is 14.5 Å². The first-order chi connectivity index (χ1) is 13.0. The van der Waals surface area contributed by atoms with Crippen LogP contribution in [0.1, 0.15) is 31.4 Å². The molecule has 2 saturated heterocycles. The molecule has 0 radical (unpaired) electrons. The summed E-state index contributed by atoms with van der Waals surface area (Å²) in [6, 6.07) is 7.74. The van der Waals surface area contributed by atoms with Crippen LogP contribution in [0.3, 0.4) is 0 Å². The molecular formula is C19H30ClN3O4S. The number of ether oxygens (including phenoxy) is 1. The second kappa shape index (κ2) is 9.91. The van der Waals surface area contributed by atoms with Crippen molar-refractivity contribution in [2.24, 2.45) is 5.92 Å². The predicted octanol–water partition coefficient (Wildman–Crippen LogP) is 1.65. The maximum Gasteiger partial charge on any atom is 0.226 e. The van der Waals surface area contributed by atoms with Gasteiger partial charge >= 0.3 is 0 Å². The van der Waals surface area contributed by atoms with Gasteiger partial charge in [0.05, 0.1) is 18.9 Å². The number of rotatable bonds is 5. The Morgan fingerprint density at radius 1 is 1.21 bits per heavy atom. The summed E-state index contributed by atoms with van der Waals surface area (Å²) < 4.78 is 31.1. The lowest BCUT2D eigenvalue weighted by molar-refractivity contribution is -0.140. The zero-order chi connectivity index (χ0) is 19.4. The fourth-order valence-corrected chi connectivity index (χ4v) is 5.12. The second-order valence-electron chi connectivity index (χ2n) is 7.07. The van der Waals surface area contributed by atoms with E-state index in [4.69, 9.17) is 4.74 Å². The maximum absolute atomic E-state index is 13.3. The monoisotopic (exact) mass is 431 g/mol. The molecule has 2 fully saturated rings. The molecule has 158 valence electrons. The minimum Gasteiger partial charge on any atom is -0.496 e. The van der Waals surface area contributed by atoms with Crippen LogP contribution in [-0.2, 0) is 14.8 Å². The van der Waals surface area contributed by atoms with Gasteiger partial charge < -0.3 is 15.0 Å². The third kappa shape index (κ3) is 4.79. The van der Waals surface area contributed by atoms with Gasteiger partial charge in [0.25, 0.3) is 0 Å². The van der Waals surface area contributed by atoms with Gasteiger partial charge in [-0.15, -0.1) is 12.4 Å². The second-order valence-corrected chi connectivity index (χ2v) is 9.32. The number of halogens is 1. The summed E-state index contributed by atoms with van der Waals surface area (Å²) in [4.78, 5) is 15.2. The summed E-state index contributed by atoms with van der Waals surface area (Å²) in [5, 5.41) is 3.37. The lowest BCUT2D eigenvalue weighted by Gasteiger charge is -2.40. The van der Waals surface area contributed by atoms with Gasteiger partial charge in [0.2, 0.25) is 15.9 Å². The normalized spacial score (nSPS) is 21.8. The minimum absolute atomic E-state index is 0. The average Bonchev–Trinajstić information content (AvgIpc) is 2.73. The van der Waals surface area contributed by atoms with E-state index in [9.17, 15) is 13.2 Å². The molecule has 1 N–H and O–H groups in total. The smallest absolute Gasteiger partial charge is 0.226 e. The number of carbonyl (C=O) groups is 1. The van der Waals surface area contributed by atoms with Gasteiger partial charge in [-0.1, -0.05) is 18.2 Å². The third-order valence-electron chi connectivity index (χ3n) is 5.59. The average molecular weight is 432 g/mol. The van der Waals surface area contributed by atoms with Gasteiger partial charge in [0.1, 0.15) is 5.75 Å². The van der Waals surface area contributed by atoms with Crippen LogP contribution in [0.15, 0.2) is 24.3 Å². The number of hydrogen-bond acceptors (Lipinski definition) is 5. The molecule has 1 unspecified atom stereocenters. The molecule has 0 aliphatic carbocycles. The number of piperidine rings is 1. The summed E-state index contributed by atoms with van der Waals surface area (Å²) in [6.07, 6.45) is 1.17. The summed E-state index contributed by atoms with van der Waals surface area (Å²) in [7, 11) is -1.53. The summed E-state index contributed by atoms with van der Waals surface area (Å²) in [6.45, 7) is 4.62. The molecule has 0 aromatic heterocycles. The van der Waals surface area contributed by atoms with E-state index in [1.165, 1.54) is 4.31 Å². The molecule has 1 atom stereocenters. The fourth-order valence-electron chi connectivity index (χ4n) is 3.99. The van der Waals surface area contributed by atoms with Crippen LogP contribution < -0.4 is 10.1 Å². The van der Waals surface area contributed by atoms with E-state index >= 15 is 0 Å². The molecule has 0 bridgehead atoms. The van der Waals surface area contributed by atoms with Crippen molar-refractivity contribution in [2.45, 2.75) is 25.8 Å². The van der Waals surface area contributed by atoms with Crippen molar-refractivity contribution in [2.75, 3.05) is 45.6 Å². The van der Waals surface area contributed by atoms with E-state index in [2.05, 4.69) is 5.32 Å². The number of nitrogens with one attached hydrogen (secondary N) is 1. The lowest BCUT2D eigenvalue weighted by Crippen LogP contribution is -2.52. The van der Waals surface area contributed by atoms with Crippen LogP contribution in [0.5, 0.6) is 5.75 Å². The van der Waals surface area contributed by atoms with Crippen LogP contribution >= 0.6 is 12.4 Å². The Balaban J connectivity index is 0.00000280. The molecule has 2 heterocycles. The molecule has 0 saturated carbocycles. The van der Waals surface area contributed by atoms with Crippen molar-refractivity contribution in [3.8, 4) is 5.75 Å². The molecule has 0 spiro atoms. The van der Waals surface area contributed by atoms with Crippen molar-refractivity contribution in [3.63, 3.8) is 0 Å². The highest BCUT2D eigenvalue weighted by Crippen LogP contribution is 2.32. The quantitative estimate of drug-likeness (QED) is 0.766. The Kier molecular flexibility index (Phi) is 8.12. The van der Waals surface area contributed by atoms with E-state index < -0.39 is 10.0 Å². The van der Waals surface area contributed by atoms with Gasteiger partial charge in [-0.3, -0.25) is 4.79 Å². The highest BCUT2D eigenvalue weighted by Gasteiger charge is 2.36. The van der Waals surface area contributed by atoms with Crippen molar-refractivity contribution < 1.29 is 17.9 Å². The Morgan fingerprint density at radius 3 is 2.54 bits per heavy atom. The fraction of sp³-hybridized carbons (Fsp3) is 0.632. The van der Waals surface area contributed by atoms with Crippen molar-refractivity contribution >= 4 is 28.3 Å². The van der Waals surface area contributed by atoms with Crippen LogP contribution in [0, 0.1) is 5.92 Å². The number of amides is 1. The zero-order valence-corrected chi connectivity index (χ0v) is 18.1. The number of para-hydroxylation sites is 1. The zero-order valence-electron chi connectivity index (χ0n) is 16.5. The number of nitrogens with zero attached hydrogens (tertiary/aromatic N) is 2.